The summed E-state index contributed by atoms with van der Waals surface area (Å²) < 4.78 is 18.1. The van der Waals surface area contributed by atoms with Crippen molar-refractivity contribution in [3.63, 3.8) is 0 Å². The average Bonchev–Trinajstić information content (AvgIpc) is 2.89. The van der Waals surface area contributed by atoms with Crippen molar-refractivity contribution in [1.29, 1.82) is 0 Å². The molecule has 0 unspecified atom stereocenters. The van der Waals surface area contributed by atoms with Crippen LogP contribution in [-0.2, 0) is 13.1 Å². The lowest BCUT2D eigenvalue weighted by atomic mass is 10.1. The van der Waals surface area contributed by atoms with E-state index in [4.69, 9.17) is 14.2 Å². The van der Waals surface area contributed by atoms with Gasteiger partial charge in [0.2, 0.25) is 5.75 Å². The number of ether oxygens (including phenoxy) is 3. The molecule has 0 radical (unpaired) electrons. The number of amides is 1. The van der Waals surface area contributed by atoms with Crippen molar-refractivity contribution < 1.29 is 19.0 Å². The molecule has 1 saturated heterocycles. The molecule has 1 aliphatic heterocycles. The molecule has 1 aliphatic rings. The molecule has 0 aliphatic carbocycles. The van der Waals surface area contributed by atoms with Crippen LogP contribution in [0.2, 0.25) is 0 Å². The predicted molar refractivity (Wildman–Crippen MR) is 138 cm³/mol. The van der Waals surface area contributed by atoms with Gasteiger partial charge in [0.25, 0.3) is 11.5 Å². The van der Waals surface area contributed by atoms with Gasteiger partial charge in [-0.3, -0.25) is 14.5 Å². The Hall–Kier alpha value is -3.78. The van der Waals surface area contributed by atoms with Crippen molar-refractivity contribution >= 4 is 5.91 Å². The van der Waals surface area contributed by atoms with E-state index in [0.717, 1.165) is 16.7 Å². The zero-order valence-electron chi connectivity index (χ0n) is 21.3. The second-order valence-corrected chi connectivity index (χ2v) is 8.91. The summed E-state index contributed by atoms with van der Waals surface area (Å²) in [6.07, 6.45) is 1.73. The largest absolute Gasteiger partial charge is 0.493 e. The minimum absolute atomic E-state index is 0.208. The number of pyridine rings is 1. The summed E-state index contributed by atoms with van der Waals surface area (Å²) in [5, 5.41) is 0. The summed E-state index contributed by atoms with van der Waals surface area (Å²) in [4.78, 5) is 30.4. The lowest BCUT2D eigenvalue weighted by Gasteiger charge is -2.35. The van der Waals surface area contributed by atoms with Crippen molar-refractivity contribution in [3.05, 3.63) is 87.3 Å². The summed E-state index contributed by atoms with van der Waals surface area (Å²) in [6.45, 7) is 5.57. The van der Waals surface area contributed by atoms with Crippen LogP contribution in [0, 0.1) is 6.92 Å². The molecule has 0 spiro atoms. The molecule has 4 rings (SSSR count). The molecule has 8 heteroatoms. The minimum Gasteiger partial charge on any atom is -0.493 e. The normalized spacial score (nSPS) is 13.9. The van der Waals surface area contributed by atoms with E-state index in [1.807, 2.05) is 43.3 Å². The fourth-order valence-corrected chi connectivity index (χ4v) is 4.64. The van der Waals surface area contributed by atoms with Crippen LogP contribution in [-0.4, -0.2) is 67.8 Å². The number of aromatic nitrogens is 1. The highest BCUT2D eigenvalue weighted by atomic mass is 16.5. The first kappa shape index (κ1) is 25.3. The van der Waals surface area contributed by atoms with Crippen molar-refractivity contribution in [2.75, 3.05) is 47.5 Å². The summed E-state index contributed by atoms with van der Waals surface area (Å²) in [5.41, 5.74) is 3.09. The number of methoxy groups -OCH3 is 3. The monoisotopic (exact) mass is 491 g/mol. The second kappa shape index (κ2) is 11.3. The highest BCUT2D eigenvalue weighted by Crippen LogP contribution is 2.40. The standard InChI is InChI=1S/C28H33N3O5/c1-20-7-5-8-21(17-20)18-31-12-6-9-23(28(31)33)27(32)30-15-13-29(14-16-30)19-22-10-11-24(34-2)26(36-4)25(22)35-3/h5-12,17H,13-16,18-19H2,1-4H3. The Morgan fingerprint density at radius 2 is 1.61 bits per heavy atom. The summed E-state index contributed by atoms with van der Waals surface area (Å²) >= 11 is 0. The van der Waals surface area contributed by atoms with Gasteiger partial charge in [-0.05, 0) is 30.7 Å². The zero-order chi connectivity index (χ0) is 25.7. The molecule has 0 saturated carbocycles. The SMILES string of the molecule is COc1ccc(CN2CCN(C(=O)c3cccn(Cc4cccc(C)c4)c3=O)CC2)c(OC)c1OC. The van der Waals surface area contributed by atoms with Gasteiger partial charge >= 0.3 is 0 Å². The van der Waals surface area contributed by atoms with E-state index in [1.165, 1.54) is 0 Å². The van der Waals surface area contributed by atoms with Crippen LogP contribution in [0.1, 0.15) is 27.0 Å². The smallest absolute Gasteiger partial charge is 0.263 e. The van der Waals surface area contributed by atoms with Gasteiger partial charge in [0, 0.05) is 44.5 Å². The van der Waals surface area contributed by atoms with Crippen LogP contribution < -0.4 is 19.8 Å². The van der Waals surface area contributed by atoms with Gasteiger partial charge in [0.05, 0.1) is 27.9 Å². The third-order valence-corrected chi connectivity index (χ3v) is 6.53. The van der Waals surface area contributed by atoms with Crippen molar-refractivity contribution in [3.8, 4) is 17.2 Å². The van der Waals surface area contributed by atoms with Gasteiger partial charge in [-0.1, -0.05) is 35.9 Å². The lowest BCUT2D eigenvalue weighted by Crippen LogP contribution is -2.49. The summed E-state index contributed by atoms with van der Waals surface area (Å²) in [6, 6.07) is 15.3. The topological polar surface area (TPSA) is 73.2 Å². The van der Waals surface area contributed by atoms with Crippen molar-refractivity contribution in [2.45, 2.75) is 20.0 Å². The van der Waals surface area contributed by atoms with Crippen LogP contribution >= 0.6 is 0 Å². The molecular formula is C28H33N3O5. The highest BCUT2D eigenvalue weighted by Gasteiger charge is 2.26. The Balaban J connectivity index is 1.42. The Morgan fingerprint density at radius 3 is 2.28 bits per heavy atom. The van der Waals surface area contributed by atoms with Gasteiger partial charge in [-0.15, -0.1) is 0 Å². The zero-order valence-corrected chi connectivity index (χ0v) is 21.3. The summed E-state index contributed by atoms with van der Waals surface area (Å²) in [7, 11) is 4.80. The van der Waals surface area contributed by atoms with E-state index in [0.29, 0.717) is 56.5 Å². The maximum Gasteiger partial charge on any atom is 0.263 e. The first-order valence-electron chi connectivity index (χ1n) is 12.0. The van der Waals surface area contributed by atoms with Gasteiger partial charge in [-0.25, -0.2) is 0 Å². The van der Waals surface area contributed by atoms with Crippen molar-refractivity contribution in [2.24, 2.45) is 0 Å². The van der Waals surface area contributed by atoms with Crippen LogP contribution in [0.3, 0.4) is 0 Å². The molecule has 36 heavy (non-hydrogen) atoms. The van der Waals surface area contributed by atoms with E-state index < -0.39 is 0 Å². The van der Waals surface area contributed by atoms with E-state index in [2.05, 4.69) is 4.90 Å². The number of benzene rings is 2. The number of hydrogen-bond acceptors (Lipinski definition) is 6. The number of nitrogens with zero attached hydrogens (tertiary/aromatic N) is 3. The van der Waals surface area contributed by atoms with Crippen LogP contribution in [0.25, 0.3) is 0 Å². The second-order valence-electron chi connectivity index (χ2n) is 8.91. The average molecular weight is 492 g/mol. The number of carbonyl (C=O) groups excluding carboxylic acids is 1. The molecular weight excluding hydrogens is 458 g/mol. The van der Waals surface area contributed by atoms with Crippen LogP contribution in [0.5, 0.6) is 17.2 Å². The maximum atomic E-state index is 13.2. The maximum absolute atomic E-state index is 13.2. The van der Waals surface area contributed by atoms with Gasteiger partial charge < -0.3 is 23.7 Å². The van der Waals surface area contributed by atoms with Gasteiger partial charge in [-0.2, -0.15) is 0 Å². The van der Waals surface area contributed by atoms with E-state index in [-0.39, 0.29) is 17.0 Å². The molecule has 2 heterocycles. The number of piperazine rings is 1. The molecule has 1 aromatic heterocycles. The van der Waals surface area contributed by atoms with Crippen LogP contribution in [0.4, 0.5) is 0 Å². The molecule has 3 aromatic rings. The molecule has 1 fully saturated rings. The molecule has 0 atom stereocenters. The Morgan fingerprint density at radius 1 is 0.861 bits per heavy atom. The molecule has 1 amide bonds. The van der Waals surface area contributed by atoms with E-state index in [1.54, 1.807) is 49.1 Å². The fraction of sp³-hybridized carbons (Fsp3) is 0.357. The molecule has 0 N–H and O–H groups in total. The lowest BCUT2D eigenvalue weighted by molar-refractivity contribution is 0.0625. The first-order chi connectivity index (χ1) is 17.4. The quantitative estimate of drug-likeness (QED) is 0.482. The van der Waals surface area contributed by atoms with E-state index >= 15 is 0 Å². The predicted octanol–water partition coefficient (Wildman–Crippen LogP) is 3.19. The number of hydrogen-bond donors (Lipinski definition) is 0. The van der Waals surface area contributed by atoms with Crippen LogP contribution in [0.15, 0.2) is 59.5 Å². The molecule has 190 valence electrons. The third kappa shape index (κ3) is 5.39. The number of carbonyl (C=O) groups is 1. The van der Waals surface area contributed by atoms with Gasteiger partial charge in [0.1, 0.15) is 5.56 Å². The third-order valence-electron chi connectivity index (χ3n) is 6.53. The Bertz CT molecular complexity index is 1280. The molecule has 0 bridgehead atoms. The molecule has 2 aromatic carbocycles. The Labute approximate surface area is 211 Å². The highest BCUT2D eigenvalue weighted by molar-refractivity contribution is 5.93. The number of rotatable bonds is 8. The Kier molecular flexibility index (Phi) is 7.95. The molecule has 8 nitrogen and oxygen atoms in total. The summed E-state index contributed by atoms with van der Waals surface area (Å²) in [5.74, 6) is 1.61. The van der Waals surface area contributed by atoms with Gasteiger partial charge in [0.15, 0.2) is 11.5 Å². The fourth-order valence-electron chi connectivity index (χ4n) is 4.64. The van der Waals surface area contributed by atoms with E-state index in [9.17, 15) is 9.59 Å². The first-order valence-corrected chi connectivity index (χ1v) is 12.0. The van der Waals surface area contributed by atoms with Crippen molar-refractivity contribution in [1.82, 2.24) is 14.4 Å². The minimum atomic E-state index is -0.263. The number of aryl methyl sites for hydroxylation is 1.